The summed E-state index contributed by atoms with van der Waals surface area (Å²) in [7, 11) is 0. The average Bonchev–Trinajstić information content (AvgIpc) is 2.88. The van der Waals surface area contributed by atoms with Crippen molar-refractivity contribution >= 4 is 50.0 Å². The molecule has 2 aromatic carbocycles. The van der Waals surface area contributed by atoms with Gasteiger partial charge in [-0.05, 0) is 67.8 Å². The summed E-state index contributed by atoms with van der Waals surface area (Å²) in [4.78, 5) is 3.51. The monoisotopic (exact) mass is 410 g/mol. The molecule has 3 N–H and O–H groups in total. The zero-order chi connectivity index (χ0) is 16.4. The highest BCUT2D eigenvalue weighted by Crippen LogP contribution is 2.37. The number of rotatable bonds is 5. The molecule has 0 spiro atoms. The normalized spacial score (nSPS) is 11.3. The molecule has 0 aliphatic rings. The Balaban J connectivity index is 2.18. The lowest BCUT2D eigenvalue weighted by Gasteiger charge is -2.08. The number of halogens is 3. The van der Waals surface area contributed by atoms with E-state index >= 15 is 0 Å². The number of aromatic amines is 1. The molecule has 0 aliphatic heterocycles. The van der Waals surface area contributed by atoms with Crippen LogP contribution < -0.4 is 5.73 Å². The number of aryl methyl sites for hydroxylation is 1. The maximum atomic E-state index is 6.44. The molecule has 2 nitrogen and oxygen atoms in total. The highest BCUT2D eigenvalue weighted by atomic mass is 79.9. The fourth-order valence-electron chi connectivity index (χ4n) is 2.84. The Morgan fingerprint density at radius 3 is 2.65 bits per heavy atom. The number of hydrogen-bond donors (Lipinski definition) is 2. The highest BCUT2D eigenvalue weighted by molar-refractivity contribution is 9.10. The van der Waals surface area contributed by atoms with Gasteiger partial charge in [0.25, 0.3) is 0 Å². The molecule has 0 bridgehead atoms. The van der Waals surface area contributed by atoms with Gasteiger partial charge < -0.3 is 10.7 Å². The van der Waals surface area contributed by atoms with Gasteiger partial charge in [0.2, 0.25) is 0 Å². The lowest BCUT2D eigenvalue weighted by atomic mass is 10.0. The van der Waals surface area contributed by atoms with Crippen molar-refractivity contribution in [1.82, 2.24) is 4.98 Å². The van der Waals surface area contributed by atoms with Gasteiger partial charge >= 0.3 is 0 Å². The van der Waals surface area contributed by atoms with Crippen molar-refractivity contribution < 1.29 is 0 Å². The fourth-order valence-corrected chi connectivity index (χ4v) is 3.59. The Kier molecular flexibility index (Phi) is 5.32. The van der Waals surface area contributed by atoms with Crippen LogP contribution in [0.25, 0.3) is 22.2 Å². The maximum absolute atomic E-state index is 6.44. The van der Waals surface area contributed by atoms with Gasteiger partial charge in [0, 0.05) is 31.0 Å². The predicted octanol–water partition coefficient (Wildman–Crippen LogP) is 6.19. The maximum Gasteiger partial charge on any atom is 0.0512 e. The van der Waals surface area contributed by atoms with Gasteiger partial charge in [-0.1, -0.05) is 39.1 Å². The molecule has 0 radical (unpaired) electrons. The number of fused-ring (bicyclic) bond motifs is 1. The van der Waals surface area contributed by atoms with E-state index < -0.39 is 0 Å². The van der Waals surface area contributed by atoms with E-state index in [9.17, 15) is 0 Å². The van der Waals surface area contributed by atoms with Gasteiger partial charge in [0.15, 0.2) is 0 Å². The number of unbranched alkanes of at least 4 members (excludes halogenated alkanes) is 1. The van der Waals surface area contributed by atoms with Crippen LogP contribution in [-0.2, 0) is 6.42 Å². The molecule has 23 heavy (non-hydrogen) atoms. The average molecular weight is 412 g/mol. The molecule has 0 atom stereocenters. The van der Waals surface area contributed by atoms with Crippen molar-refractivity contribution in [3.05, 3.63) is 56.5 Å². The van der Waals surface area contributed by atoms with E-state index in [4.69, 9.17) is 28.9 Å². The molecule has 3 rings (SSSR count). The molecular formula is C18H17BrCl2N2. The first-order chi connectivity index (χ1) is 11.1. The van der Waals surface area contributed by atoms with Crippen LogP contribution in [0.1, 0.15) is 18.4 Å². The topological polar surface area (TPSA) is 41.8 Å². The van der Waals surface area contributed by atoms with E-state index in [1.54, 1.807) is 0 Å². The van der Waals surface area contributed by atoms with Crippen LogP contribution in [0.4, 0.5) is 0 Å². The quantitative estimate of drug-likeness (QED) is 0.483. The van der Waals surface area contributed by atoms with Crippen molar-refractivity contribution in [3.63, 3.8) is 0 Å². The second-order valence-corrected chi connectivity index (χ2v) is 7.30. The molecule has 0 saturated carbocycles. The zero-order valence-electron chi connectivity index (χ0n) is 12.5. The van der Waals surface area contributed by atoms with Crippen LogP contribution in [-0.4, -0.2) is 11.5 Å². The summed E-state index contributed by atoms with van der Waals surface area (Å²) in [5, 5.41) is 2.62. The summed E-state index contributed by atoms with van der Waals surface area (Å²) in [5.41, 5.74) is 10.0. The van der Waals surface area contributed by atoms with Gasteiger partial charge in [0.05, 0.1) is 5.69 Å². The smallest absolute Gasteiger partial charge is 0.0512 e. The number of nitrogens with two attached hydrogens (primary N) is 1. The van der Waals surface area contributed by atoms with Crippen LogP contribution in [0.3, 0.4) is 0 Å². The van der Waals surface area contributed by atoms with Crippen molar-refractivity contribution in [2.75, 3.05) is 6.54 Å². The molecule has 3 aromatic rings. The summed E-state index contributed by atoms with van der Waals surface area (Å²) >= 11 is 16.2. The van der Waals surface area contributed by atoms with Crippen LogP contribution in [0.15, 0.2) is 40.9 Å². The lowest BCUT2D eigenvalue weighted by Crippen LogP contribution is -1.99. The Labute approximate surface area is 154 Å². The number of nitrogens with one attached hydrogen (secondary N) is 1. The minimum Gasteiger partial charge on any atom is -0.354 e. The first kappa shape index (κ1) is 16.8. The number of H-pyrrole nitrogens is 1. The number of hydrogen-bond acceptors (Lipinski definition) is 1. The van der Waals surface area contributed by atoms with E-state index in [1.807, 2.05) is 36.4 Å². The number of benzene rings is 2. The van der Waals surface area contributed by atoms with Gasteiger partial charge in [0.1, 0.15) is 0 Å². The van der Waals surface area contributed by atoms with E-state index in [1.165, 1.54) is 5.56 Å². The standard InChI is InChI=1S/C18H17BrCl2N2/c19-11-4-6-16(21)15(9-11)18-13(3-1-2-8-22)14-10-12(20)5-7-17(14)23-18/h4-7,9-10,23H,1-3,8,22H2. The predicted molar refractivity (Wildman–Crippen MR) is 103 cm³/mol. The van der Waals surface area contributed by atoms with E-state index in [0.717, 1.165) is 55.9 Å². The third-order valence-corrected chi connectivity index (χ3v) is 5.00. The Morgan fingerprint density at radius 1 is 1.04 bits per heavy atom. The van der Waals surface area contributed by atoms with E-state index in [2.05, 4.69) is 20.9 Å². The molecule has 1 aromatic heterocycles. The third kappa shape index (κ3) is 3.58. The fraction of sp³-hybridized carbons (Fsp3) is 0.222. The summed E-state index contributed by atoms with van der Waals surface area (Å²) in [6.07, 6.45) is 2.98. The summed E-state index contributed by atoms with van der Waals surface area (Å²) in [5.74, 6) is 0. The first-order valence-electron chi connectivity index (χ1n) is 7.55. The summed E-state index contributed by atoms with van der Waals surface area (Å²) in [6, 6.07) is 11.8. The number of aromatic nitrogens is 1. The van der Waals surface area contributed by atoms with Crippen LogP contribution in [0.2, 0.25) is 10.0 Å². The van der Waals surface area contributed by atoms with E-state index in [0.29, 0.717) is 6.54 Å². The van der Waals surface area contributed by atoms with Crippen LogP contribution >= 0.6 is 39.1 Å². The van der Waals surface area contributed by atoms with Gasteiger partial charge in [-0.3, -0.25) is 0 Å². The molecule has 5 heteroatoms. The second-order valence-electron chi connectivity index (χ2n) is 5.54. The van der Waals surface area contributed by atoms with Crippen molar-refractivity contribution in [2.24, 2.45) is 5.73 Å². The molecule has 1 heterocycles. The molecule has 120 valence electrons. The zero-order valence-corrected chi connectivity index (χ0v) is 15.6. The molecule has 0 amide bonds. The van der Waals surface area contributed by atoms with Crippen molar-refractivity contribution in [3.8, 4) is 11.3 Å². The van der Waals surface area contributed by atoms with Crippen LogP contribution in [0.5, 0.6) is 0 Å². The largest absolute Gasteiger partial charge is 0.354 e. The molecule has 0 saturated heterocycles. The summed E-state index contributed by atoms with van der Waals surface area (Å²) < 4.78 is 1.00. The third-order valence-electron chi connectivity index (χ3n) is 3.95. The van der Waals surface area contributed by atoms with Gasteiger partial charge in [-0.25, -0.2) is 0 Å². The summed E-state index contributed by atoms with van der Waals surface area (Å²) in [6.45, 7) is 0.704. The van der Waals surface area contributed by atoms with Gasteiger partial charge in [-0.2, -0.15) is 0 Å². The van der Waals surface area contributed by atoms with Gasteiger partial charge in [-0.15, -0.1) is 0 Å². The minimum absolute atomic E-state index is 0.704. The minimum atomic E-state index is 0.704. The van der Waals surface area contributed by atoms with E-state index in [-0.39, 0.29) is 0 Å². The molecule has 0 fully saturated rings. The SMILES string of the molecule is NCCCCc1c(-c2cc(Br)ccc2Cl)[nH]c2ccc(Cl)cc12. The second kappa shape index (κ2) is 7.27. The first-order valence-corrected chi connectivity index (χ1v) is 9.10. The Hall–Kier alpha value is -1.00. The molecule has 0 unspecified atom stereocenters. The molecule has 0 aliphatic carbocycles. The Bertz CT molecular complexity index is 842. The molecular weight excluding hydrogens is 395 g/mol. The van der Waals surface area contributed by atoms with Crippen LogP contribution in [0, 0.1) is 0 Å². The Morgan fingerprint density at radius 2 is 1.87 bits per heavy atom. The highest BCUT2D eigenvalue weighted by Gasteiger charge is 2.16. The van der Waals surface area contributed by atoms with Crippen molar-refractivity contribution in [2.45, 2.75) is 19.3 Å². The lowest BCUT2D eigenvalue weighted by molar-refractivity contribution is 0.748. The van der Waals surface area contributed by atoms with Crippen molar-refractivity contribution in [1.29, 1.82) is 0 Å².